The van der Waals surface area contributed by atoms with Gasteiger partial charge in [0.2, 0.25) is 0 Å². The van der Waals surface area contributed by atoms with Crippen molar-refractivity contribution in [2.45, 2.75) is 13.5 Å². The highest BCUT2D eigenvalue weighted by Gasteiger charge is 2.24. The lowest BCUT2D eigenvalue weighted by molar-refractivity contribution is -0.385. The van der Waals surface area contributed by atoms with Gasteiger partial charge in [-0.1, -0.05) is 17.7 Å². The molecule has 1 aliphatic rings. The molecule has 8 heteroatoms. The van der Waals surface area contributed by atoms with Crippen molar-refractivity contribution >= 4 is 34.5 Å². The molecular weight excluding hydrogens is 362 g/mol. The Morgan fingerprint density at radius 3 is 2.56 bits per heavy atom. The Hall–Kier alpha value is -1.96. The van der Waals surface area contributed by atoms with E-state index in [1.54, 1.807) is 35.3 Å². The minimum absolute atomic E-state index is 0.0148. The summed E-state index contributed by atoms with van der Waals surface area (Å²) in [5.41, 5.74) is 0.913. The van der Waals surface area contributed by atoms with Crippen molar-refractivity contribution in [2.75, 3.05) is 26.2 Å². The van der Waals surface area contributed by atoms with Crippen LogP contribution in [0.15, 0.2) is 30.3 Å². The minimum atomic E-state index is -0.448. The first kappa shape index (κ1) is 17.8. The fourth-order valence-electron chi connectivity index (χ4n) is 2.89. The number of piperazine rings is 1. The molecule has 1 aromatic heterocycles. The van der Waals surface area contributed by atoms with Gasteiger partial charge in [-0.05, 0) is 25.1 Å². The Kier molecular flexibility index (Phi) is 5.36. The normalized spacial score (nSPS) is 15.4. The first-order valence-electron chi connectivity index (χ1n) is 7.95. The lowest BCUT2D eigenvalue weighted by atomic mass is 10.1. The van der Waals surface area contributed by atoms with Gasteiger partial charge in [-0.15, -0.1) is 11.3 Å². The molecule has 3 rings (SSSR count). The Morgan fingerprint density at radius 2 is 1.96 bits per heavy atom. The van der Waals surface area contributed by atoms with Gasteiger partial charge in [0.1, 0.15) is 0 Å². The number of nitrogens with zero attached hydrogens (tertiary/aromatic N) is 3. The number of thiophene rings is 1. The molecule has 132 valence electrons. The van der Waals surface area contributed by atoms with Crippen LogP contribution < -0.4 is 0 Å². The molecule has 25 heavy (non-hydrogen) atoms. The Bertz CT molecular complexity index is 800. The third kappa shape index (κ3) is 4.18. The molecule has 1 fully saturated rings. The highest BCUT2D eigenvalue weighted by Crippen LogP contribution is 2.24. The molecule has 0 saturated carbocycles. The lowest BCUT2D eigenvalue weighted by Gasteiger charge is -2.34. The van der Waals surface area contributed by atoms with Gasteiger partial charge in [-0.2, -0.15) is 0 Å². The second-order valence-electron chi connectivity index (χ2n) is 6.03. The largest absolute Gasteiger partial charge is 0.336 e. The number of amides is 1. The SMILES string of the molecule is Cc1ccc(C(=O)N2CCN(Cc3ccc(Cl)s3)CC2)cc1[N+](=O)[O-]. The number of nitro groups is 1. The van der Waals surface area contributed by atoms with Crippen LogP contribution in [0.5, 0.6) is 0 Å². The highest BCUT2D eigenvalue weighted by molar-refractivity contribution is 7.16. The zero-order chi connectivity index (χ0) is 18.0. The van der Waals surface area contributed by atoms with Crippen LogP contribution in [0.25, 0.3) is 0 Å². The number of carbonyl (C=O) groups is 1. The van der Waals surface area contributed by atoms with Crippen molar-refractivity contribution in [3.05, 3.63) is 60.8 Å². The minimum Gasteiger partial charge on any atom is -0.336 e. The second kappa shape index (κ2) is 7.51. The molecule has 0 N–H and O–H groups in total. The number of hydrogen-bond acceptors (Lipinski definition) is 5. The first-order chi connectivity index (χ1) is 11.9. The maximum Gasteiger partial charge on any atom is 0.273 e. The Balaban J connectivity index is 1.61. The van der Waals surface area contributed by atoms with Crippen LogP contribution in [0.2, 0.25) is 4.34 Å². The molecular formula is C17H18ClN3O3S. The molecule has 2 aromatic rings. The highest BCUT2D eigenvalue weighted by atomic mass is 35.5. The van der Waals surface area contributed by atoms with Gasteiger partial charge in [-0.3, -0.25) is 19.8 Å². The maximum atomic E-state index is 12.6. The quantitative estimate of drug-likeness (QED) is 0.601. The summed E-state index contributed by atoms with van der Waals surface area (Å²) in [5, 5.41) is 11.1. The fraction of sp³-hybridized carbons (Fsp3) is 0.353. The van der Waals surface area contributed by atoms with E-state index in [9.17, 15) is 14.9 Å². The average molecular weight is 380 g/mol. The Labute approximate surface area is 154 Å². The number of benzene rings is 1. The monoisotopic (exact) mass is 379 g/mol. The summed E-state index contributed by atoms with van der Waals surface area (Å²) in [5.74, 6) is -0.151. The molecule has 0 aliphatic carbocycles. The van der Waals surface area contributed by atoms with E-state index in [0.29, 0.717) is 24.2 Å². The van der Waals surface area contributed by atoms with Gasteiger partial charge < -0.3 is 4.90 Å². The first-order valence-corrected chi connectivity index (χ1v) is 9.14. The van der Waals surface area contributed by atoms with Gasteiger partial charge in [0, 0.05) is 54.8 Å². The smallest absolute Gasteiger partial charge is 0.273 e. The lowest BCUT2D eigenvalue weighted by Crippen LogP contribution is -2.48. The molecule has 0 unspecified atom stereocenters. The van der Waals surface area contributed by atoms with Crippen molar-refractivity contribution in [3.8, 4) is 0 Å². The number of aryl methyl sites for hydroxylation is 1. The van der Waals surface area contributed by atoms with E-state index in [-0.39, 0.29) is 11.6 Å². The molecule has 1 aliphatic heterocycles. The van der Waals surface area contributed by atoms with Crippen molar-refractivity contribution in [2.24, 2.45) is 0 Å². The fourth-order valence-corrected chi connectivity index (χ4v) is 4.02. The predicted molar refractivity (Wildman–Crippen MR) is 98.3 cm³/mol. The van der Waals surface area contributed by atoms with Crippen LogP contribution in [-0.4, -0.2) is 46.8 Å². The molecule has 0 atom stereocenters. The molecule has 6 nitrogen and oxygen atoms in total. The van der Waals surface area contributed by atoms with E-state index >= 15 is 0 Å². The van der Waals surface area contributed by atoms with Gasteiger partial charge in [0.05, 0.1) is 9.26 Å². The van der Waals surface area contributed by atoms with E-state index < -0.39 is 4.92 Å². The average Bonchev–Trinajstić information content (AvgIpc) is 3.00. The van der Waals surface area contributed by atoms with Crippen LogP contribution in [0.3, 0.4) is 0 Å². The maximum absolute atomic E-state index is 12.6. The number of rotatable bonds is 4. The van der Waals surface area contributed by atoms with Crippen molar-refractivity contribution < 1.29 is 9.72 Å². The van der Waals surface area contributed by atoms with Crippen LogP contribution >= 0.6 is 22.9 Å². The molecule has 2 heterocycles. The number of carbonyl (C=O) groups excluding carboxylic acids is 1. The third-order valence-corrected chi connectivity index (χ3v) is 5.54. The summed E-state index contributed by atoms with van der Waals surface area (Å²) in [6.45, 7) is 5.26. The summed E-state index contributed by atoms with van der Waals surface area (Å²) in [7, 11) is 0. The summed E-state index contributed by atoms with van der Waals surface area (Å²) in [6, 6.07) is 8.58. The molecule has 1 aromatic carbocycles. The van der Waals surface area contributed by atoms with Gasteiger partial charge >= 0.3 is 0 Å². The summed E-state index contributed by atoms with van der Waals surface area (Å²) < 4.78 is 0.782. The Morgan fingerprint density at radius 1 is 1.24 bits per heavy atom. The third-order valence-electron chi connectivity index (χ3n) is 4.32. The number of hydrogen-bond donors (Lipinski definition) is 0. The van der Waals surface area contributed by atoms with E-state index in [0.717, 1.165) is 24.0 Å². The molecule has 0 spiro atoms. The van der Waals surface area contributed by atoms with Crippen molar-refractivity contribution in [1.82, 2.24) is 9.80 Å². The zero-order valence-electron chi connectivity index (χ0n) is 13.8. The summed E-state index contributed by atoms with van der Waals surface area (Å²) in [6.07, 6.45) is 0. The molecule has 0 bridgehead atoms. The number of nitro benzene ring substituents is 1. The number of halogens is 1. The second-order valence-corrected chi connectivity index (χ2v) is 7.83. The predicted octanol–water partition coefficient (Wildman–Crippen LogP) is 3.58. The summed E-state index contributed by atoms with van der Waals surface area (Å²) >= 11 is 7.53. The van der Waals surface area contributed by atoms with Crippen LogP contribution in [0, 0.1) is 17.0 Å². The molecule has 1 amide bonds. The van der Waals surface area contributed by atoms with Crippen molar-refractivity contribution in [1.29, 1.82) is 0 Å². The van der Waals surface area contributed by atoms with E-state index in [1.807, 2.05) is 12.1 Å². The van der Waals surface area contributed by atoms with Crippen LogP contribution in [0.4, 0.5) is 5.69 Å². The standard InChI is InChI=1S/C17H18ClN3O3S/c1-12-2-3-13(10-15(12)21(23)24)17(22)20-8-6-19(7-9-20)11-14-4-5-16(18)25-14/h2-5,10H,6-9,11H2,1H3. The van der Waals surface area contributed by atoms with Gasteiger partial charge in [-0.25, -0.2) is 0 Å². The van der Waals surface area contributed by atoms with E-state index in [1.165, 1.54) is 10.9 Å². The van der Waals surface area contributed by atoms with E-state index in [2.05, 4.69) is 4.90 Å². The summed E-state index contributed by atoms with van der Waals surface area (Å²) in [4.78, 5) is 28.5. The molecule has 1 saturated heterocycles. The van der Waals surface area contributed by atoms with Gasteiger partial charge in [0.15, 0.2) is 0 Å². The zero-order valence-corrected chi connectivity index (χ0v) is 15.3. The van der Waals surface area contributed by atoms with Crippen LogP contribution in [0.1, 0.15) is 20.8 Å². The molecule has 0 radical (unpaired) electrons. The van der Waals surface area contributed by atoms with E-state index in [4.69, 9.17) is 11.6 Å². The van der Waals surface area contributed by atoms with Crippen LogP contribution in [-0.2, 0) is 6.54 Å². The van der Waals surface area contributed by atoms with Crippen molar-refractivity contribution in [3.63, 3.8) is 0 Å². The topological polar surface area (TPSA) is 66.7 Å². The van der Waals surface area contributed by atoms with Gasteiger partial charge in [0.25, 0.3) is 11.6 Å².